The molecule has 0 fully saturated rings. The van der Waals surface area contributed by atoms with Gasteiger partial charge in [-0.1, -0.05) is 48.6 Å². The quantitative estimate of drug-likeness (QED) is 0.420. The van der Waals surface area contributed by atoms with Crippen LogP contribution in [0.1, 0.15) is 11.9 Å². The van der Waals surface area contributed by atoms with Crippen molar-refractivity contribution >= 4 is 53.0 Å². The van der Waals surface area contributed by atoms with Crippen LogP contribution in [0.3, 0.4) is 0 Å². The van der Waals surface area contributed by atoms with Crippen molar-refractivity contribution in [2.75, 3.05) is 9.44 Å². The minimum atomic E-state index is -3.86. The van der Waals surface area contributed by atoms with Gasteiger partial charge in [0.2, 0.25) is 5.13 Å². The maximum Gasteiger partial charge on any atom is 0.263 e. The van der Waals surface area contributed by atoms with Gasteiger partial charge in [0.05, 0.1) is 9.79 Å². The van der Waals surface area contributed by atoms with Gasteiger partial charge in [-0.3, -0.25) is 9.44 Å². The molecule has 0 unspecified atom stereocenters. The van der Waals surface area contributed by atoms with E-state index < -0.39 is 20.0 Å². The molecule has 0 aliphatic carbocycles. The number of hydrogen-bond donors (Lipinski definition) is 2. The third-order valence-corrected chi connectivity index (χ3v) is 8.29. The molecule has 11 heteroatoms. The second kappa shape index (κ2) is 8.25. The molecule has 1 aromatic heterocycles. The Hall–Kier alpha value is -3.02. The zero-order valence-corrected chi connectivity index (χ0v) is 18.8. The number of fused-ring (bicyclic) bond motifs is 1. The van der Waals surface area contributed by atoms with Gasteiger partial charge in [-0.15, -0.1) is 10.2 Å². The number of aromatic nitrogens is 2. The van der Waals surface area contributed by atoms with Crippen LogP contribution >= 0.6 is 11.3 Å². The first-order chi connectivity index (χ1) is 14.8. The Kier molecular flexibility index (Phi) is 5.65. The highest BCUT2D eigenvalue weighted by Crippen LogP contribution is 2.24. The van der Waals surface area contributed by atoms with Crippen LogP contribution in [-0.2, 0) is 26.5 Å². The highest BCUT2D eigenvalue weighted by Gasteiger charge is 2.18. The minimum Gasteiger partial charge on any atom is -0.280 e. The van der Waals surface area contributed by atoms with Crippen molar-refractivity contribution in [3.05, 3.63) is 71.7 Å². The summed E-state index contributed by atoms with van der Waals surface area (Å²) in [5.41, 5.74) is 0.247. The number of rotatable bonds is 7. The van der Waals surface area contributed by atoms with Crippen LogP contribution in [0, 0.1) is 0 Å². The first kappa shape index (κ1) is 21.2. The predicted molar refractivity (Wildman–Crippen MR) is 121 cm³/mol. The van der Waals surface area contributed by atoms with E-state index in [1.54, 1.807) is 12.1 Å². The molecule has 31 heavy (non-hydrogen) atoms. The highest BCUT2D eigenvalue weighted by molar-refractivity contribution is 7.93. The lowest BCUT2D eigenvalue weighted by Gasteiger charge is -2.10. The van der Waals surface area contributed by atoms with Gasteiger partial charge in [0.25, 0.3) is 20.0 Å². The van der Waals surface area contributed by atoms with Crippen molar-refractivity contribution < 1.29 is 16.8 Å². The van der Waals surface area contributed by atoms with E-state index in [4.69, 9.17) is 0 Å². The van der Waals surface area contributed by atoms with Crippen molar-refractivity contribution in [2.45, 2.75) is 23.1 Å². The molecule has 0 bridgehead atoms. The minimum absolute atomic E-state index is 0.0191. The first-order valence-corrected chi connectivity index (χ1v) is 13.0. The molecule has 4 rings (SSSR count). The monoisotopic (exact) mass is 474 g/mol. The van der Waals surface area contributed by atoms with Crippen molar-refractivity contribution in [3.63, 3.8) is 0 Å². The second-order valence-corrected chi connectivity index (χ2v) is 11.0. The summed E-state index contributed by atoms with van der Waals surface area (Å²) in [6, 6.07) is 17.7. The smallest absolute Gasteiger partial charge is 0.263 e. The van der Waals surface area contributed by atoms with E-state index in [0.717, 1.165) is 27.1 Å². The van der Waals surface area contributed by atoms with Crippen molar-refractivity contribution in [3.8, 4) is 0 Å². The first-order valence-electron chi connectivity index (χ1n) is 9.24. The van der Waals surface area contributed by atoms with Crippen LogP contribution in [0.5, 0.6) is 0 Å². The fourth-order valence-corrected chi connectivity index (χ4v) is 5.87. The largest absolute Gasteiger partial charge is 0.280 e. The lowest BCUT2D eigenvalue weighted by Crippen LogP contribution is -2.14. The molecule has 1 heterocycles. The van der Waals surface area contributed by atoms with Crippen LogP contribution in [0.4, 0.5) is 10.8 Å². The van der Waals surface area contributed by atoms with Gasteiger partial charge in [0.15, 0.2) is 0 Å². The van der Waals surface area contributed by atoms with Crippen LogP contribution in [0.15, 0.2) is 76.5 Å². The summed E-state index contributed by atoms with van der Waals surface area (Å²) >= 11 is 1.16. The fourth-order valence-electron chi connectivity index (χ4n) is 2.86. The Morgan fingerprint density at radius 3 is 2.10 bits per heavy atom. The van der Waals surface area contributed by atoms with Gasteiger partial charge < -0.3 is 0 Å². The lowest BCUT2D eigenvalue weighted by molar-refractivity contribution is 0.600. The predicted octanol–water partition coefficient (Wildman–Crippen LogP) is 3.86. The van der Waals surface area contributed by atoms with Gasteiger partial charge in [0.1, 0.15) is 5.01 Å². The Labute approximate surface area is 184 Å². The molecule has 160 valence electrons. The second-order valence-electron chi connectivity index (χ2n) is 6.60. The average Bonchev–Trinajstić information content (AvgIpc) is 3.20. The van der Waals surface area contributed by atoms with E-state index in [0.29, 0.717) is 6.42 Å². The topological polar surface area (TPSA) is 118 Å². The zero-order chi connectivity index (χ0) is 22.1. The normalized spacial score (nSPS) is 12.0. The molecule has 3 aromatic carbocycles. The van der Waals surface area contributed by atoms with Crippen molar-refractivity contribution in [1.29, 1.82) is 0 Å². The Morgan fingerprint density at radius 2 is 1.42 bits per heavy atom. The van der Waals surface area contributed by atoms with E-state index >= 15 is 0 Å². The Balaban J connectivity index is 1.53. The van der Waals surface area contributed by atoms with Crippen LogP contribution in [0.25, 0.3) is 10.8 Å². The van der Waals surface area contributed by atoms with Crippen LogP contribution < -0.4 is 9.44 Å². The van der Waals surface area contributed by atoms with Crippen LogP contribution in [0.2, 0.25) is 0 Å². The van der Waals surface area contributed by atoms with E-state index in [-0.39, 0.29) is 20.6 Å². The number of nitrogens with one attached hydrogen (secondary N) is 2. The fraction of sp³-hybridized carbons (Fsp3) is 0.100. The molecule has 0 atom stereocenters. The van der Waals surface area contributed by atoms with Gasteiger partial charge in [-0.25, -0.2) is 16.8 Å². The van der Waals surface area contributed by atoms with Gasteiger partial charge in [-0.2, -0.15) is 0 Å². The SMILES string of the molecule is CCc1nnc(NS(=O)(=O)c2ccc(NS(=O)(=O)c3ccc4ccccc4c3)cc2)s1. The molecule has 2 N–H and O–H groups in total. The number of anilines is 2. The highest BCUT2D eigenvalue weighted by atomic mass is 32.2. The standard InChI is InChI=1S/C20H18N4O4S3/c1-2-19-21-22-20(29-19)24-30(25,26)17-11-8-16(9-12-17)23-31(27,28)18-10-7-14-5-3-4-6-15(14)13-18/h3-13,23H,2H2,1H3,(H,22,24). The molecule has 4 aromatic rings. The zero-order valence-electron chi connectivity index (χ0n) is 16.3. The summed E-state index contributed by atoms with van der Waals surface area (Å²) < 4.78 is 55.4. The number of benzene rings is 3. The van der Waals surface area contributed by atoms with Crippen LogP contribution in [-0.4, -0.2) is 27.0 Å². The van der Waals surface area contributed by atoms with Crippen molar-refractivity contribution in [1.82, 2.24) is 10.2 Å². The molecule has 8 nitrogen and oxygen atoms in total. The third-order valence-electron chi connectivity index (χ3n) is 4.44. The summed E-state index contributed by atoms with van der Waals surface area (Å²) in [5, 5.41) is 10.3. The van der Waals surface area contributed by atoms with E-state index in [1.165, 1.54) is 30.3 Å². The van der Waals surface area contributed by atoms with E-state index in [1.807, 2.05) is 31.2 Å². The third kappa shape index (κ3) is 4.68. The summed E-state index contributed by atoms with van der Waals surface area (Å²) in [4.78, 5) is 0.0990. The molecule has 0 radical (unpaired) electrons. The lowest BCUT2D eigenvalue weighted by atomic mass is 10.1. The average molecular weight is 475 g/mol. The van der Waals surface area contributed by atoms with Gasteiger partial charge in [0, 0.05) is 5.69 Å². The molecular formula is C20H18N4O4S3. The Morgan fingerprint density at radius 1 is 0.774 bits per heavy atom. The summed E-state index contributed by atoms with van der Waals surface area (Å²) in [7, 11) is -7.70. The summed E-state index contributed by atoms with van der Waals surface area (Å²) in [5.74, 6) is 0. The van der Waals surface area contributed by atoms with E-state index in [9.17, 15) is 16.8 Å². The molecule has 0 spiro atoms. The number of nitrogens with zero attached hydrogens (tertiary/aromatic N) is 2. The van der Waals surface area contributed by atoms with Gasteiger partial charge in [-0.05, 0) is 53.6 Å². The summed E-state index contributed by atoms with van der Waals surface area (Å²) in [6.45, 7) is 1.90. The summed E-state index contributed by atoms with van der Waals surface area (Å²) in [6.07, 6.45) is 0.658. The molecule has 0 aliphatic heterocycles. The van der Waals surface area contributed by atoms with Gasteiger partial charge >= 0.3 is 0 Å². The number of hydrogen-bond acceptors (Lipinski definition) is 7. The number of sulfonamides is 2. The molecule has 0 aliphatic rings. The molecule has 0 amide bonds. The molecule has 0 saturated heterocycles. The van der Waals surface area contributed by atoms with Crippen molar-refractivity contribution in [2.24, 2.45) is 0 Å². The number of aryl methyl sites for hydroxylation is 1. The molecular weight excluding hydrogens is 456 g/mol. The Bertz CT molecular complexity index is 1450. The maximum atomic E-state index is 12.7. The maximum absolute atomic E-state index is 12.7. The molecule has 0 saturated carbocycles. The van der Waals surface area contributed by atoms with E-state index in [2.05, 4.69) is 19.6 Å².